The van der Waals surface area contributed by atoms with Gasteiger partial charge in [0.05, 0.1) is 7.11 Å². The van der Waals surface area contributed by atoms with Crippen LogP contribution in [0.15, 0.2) is 55.0 Å². The highest BCUT2D eigenvalue weighted by Crippen LogP contribution is 2.22. The Balaban J connectivity index is 1.71. The van der Waals surface area contributed by atoms with Gasteiger partial charge in [-0.1, -0.05) is 18.2 Å². The molecule has 3 aromatic heterocycles. The molecular formula is C19H16N6O2. The zero-order chi connectivity index (χ0) is 18.8. The number of nitrogens with zero attached hydrogens (tertiary/aromatic N) is 5. The molecule has 0 spiro atoms. The van der Waals surface area contributed by atoms with Crippen molar-refractivity contribution in [1.29, 1.82) is 0 Å². The summed E-state index contributed by atoms with van der Waals surface area (Å²) < 4.78 is 6.74. The van der Waals surface area contributed by atoms with E-state index < -0.39 is 5.91 Å². The predicted octanol–water partition coefficient (Wildman–Crippen LogP) is 1.88. The number of hydrogen-bond acceptors (Lipinski definition) is 6. The van der Waals surface area contributed by atoms with Crippen molar-refractivity contribution in [2.24, 2.45) is 5.73 Å². The molecule has 0 aliphatic heterocycles. The second kappa shape index (κ2) is 6.83. The number of fused-ring (bicyclic) bond motifs is 1. The molecule has 0 unspecified atom stereocenters. The van der Waals surface area contributed by atoms with Crippen molar-refractivity contribution >= 4 is 11.6 Å². The molecule has 4 rings (SSSR count). The second-order valence-corrected chi connectivity index (χ2v) is 5.90. The van der Waals surface area contributed by atoms with E-state index in [0.29, 0.717) is 35.0 Å². The molecule has 0 fully saturated rings. The highest BCUT2D eigenvalue weighted by molar-refractivity contribution is 5.94. The van der Waals surface area contributed by atoms with E-state index in [-0.39, 0.29) is 0 Å². The number of aromatic nitrogens is 5. The first kappa shape index (κ1) is 16.6. The van der Waals surface area contributed by atoms with Crippen molar-refractivity contribution in [3.05, 3.63) is 71.9 Å². The average Bonchev–Trinajstić information content (AvgIpc) is 3.11. The molecule has 4 aromatic rings. The summed E-state index contributed by atoms with van der Waals surface area (Å²) in [5, 5.41) is 4.51. The fourth-order valence-electron chi connectivity index (χ4n) is 2.78. The fraction of sp³-hybridized carbons (Fsp3) is 0.105. The summed E-state index contributed by atoms with van der Waals surface area (Å²) in [6.07, 6.45) is 5.64. The molecule has 134 valence electrons. The van der Waals surface area contributed by atoms with Gasteiger partial charge in [-0.25, -0.2) is 14.5 Å². The van der Waals surface area contributed by atoms with Gasteiger partial charge in [-0.05, 0) is 17.7 Å². The lowest BCUT2D eigenvalue weighted by atomic mass is 10.1. The lowest BCUT2D eigenvalue weighted by Gasteiger charge is -2.03. The van der Waals surface area contributed by atoms with Crippen LogP contribution in [0.25, 0.3) is 16.9 Å². The summed E-state index contributed by atoms with van der Waals surface area (Å²) in [4.78, 5) is 24.7. The Morgan fingerprint density at radius 3 is 2.85 bits per heavy atom. The number of carbonyl (C=O) groups excluding carboxylic acids is 1. The Morgan fingerprint density at radius 2 is 2.11 bits per heavy atom. The van der Waals surface area contributed by atoms with Crippen LogP contribution < -0.4 is 10.5 Å². The van der Waals surface area contributed by atoms with Gasteiger partial charge in [-0.15, -0.1) is 0 Å². The fourth-order valence-corrected chi connectivity index (χ4v) is 2.78. The summed E-state index contributed by atoms with van der Waals surface area (Å²) in [5.41, 5.74) is 8.75. The van der Waals surface area contributed by atoms with Gasteiger partial charge in [0, 0.05) is 42.2 Å². The van der Waals surface area contributed by atoms with Crippen LogP contribution in [0.4, 0.5) is 0 Å². The minimum Gasteiger partial charge on any atom is -0.481 e. The van der Waals surface area contributed by atoms with Crippen molar-refractivity contribution in [2.45, 2.75) is 6.42 Å². The zero-order valence-corrected chi connectivity index (χ0v) is 14.5. The monoisotopic (exact) mass is 360 g/mol. The molecule has 0 saturated carbocycles. The van der Waals surface area contributed by atoms with E-state index in [9.17, 15) is 4.79 Å². The van der Waals surface area contributed by atoms with Crippen LogP contribution in [0, 0.1) is 0 Å². The van der Waals surface area contributed by atoms with Crippen LogP contribution >= 0.6 is 0 Å². The van der Waals surface area contributed by atoms with Crippen molar-refractivity contribution in [1.82, 2.24) is 24.6 Å². The first-order valence-electron chi connectivity index (χ1n) is 8.23. The maximum Gasteiger partial charge on any atom is 0.248 e. The highest BCUT2D eigenvalue weighted by Gasteiger charge is 2.13. The molecule has 8 nitrogen and oxygen atoms in total. The van der Waals surface area contributed by atoms with Crippen LogP contribution in [-0.4, -0.2) is 37.6 Å². The molecule has 0 bridgehead atoms. The van der Waals surface area contributed by atoms with Gasteiger partial charge in [-0.2, -0.15) is 5.10 Å². The van der Waals surface area contributed by atoms with Crippen molar-refractivity contribution in [2.75, 3.05) is 7.11 Å². The molecule has 27 heavy (non-hydrogen) atoms. The highest BCUT2D eigenvalue weighted by atomic mass is 16.5. The minimum atomic E-state index is -0.488. The predicted molar refractivity (Wildman–Crippen MR) is 98.3 cm³/mol. The molecule has 0 aliphatic carbocycles. The summed E-state index contributed by atoms with van der Waals surface area (Å²) in [7, 11) is 1.58. The second-order valence-electron chi connectivity index (χ2n) is 5.90. The average molecular weight is 360 g/mol. The van der Waals surface area contributed by atoms with Gasteiger partial charge in [0.1, 0.15) is 5.69 Å². The molecule has 0 aliphatic rings. The summed E-state index contributed by atoms with van der Waals surface area (Å²) in [5.74, 6) is 0.711. The Hall–Kier alpha value is -3.81. The van der Waals surface area contributed by atoms with Crippen LogP contribution in [0.2, 0.25) is 0 Å². The molecule has 3 heterocycles. The Labute approximate surface area is 154 Å². The number of pyridine rings is 1. The van der Waals surface area contributed by atoms with Crippen LogP contribution in [0.5, 0.6) is 5.88 Å². The van der Waals surface area contributed by atoms with Gasteiger partial charge in [0.2, 0.25) is 11.8 Å². The lowest BCUT2D eigenvalue weighted by molar-refractivity contribution is 0.100. The summed E-state index contributed by atoms with van der Waals surface area (Å²) in [6.45, 7) is 0. The normalized spacial score (nSPS) is 10.9. The van der Waals surface area contributed by atoms with Crippen LogP contribution in [0.3, 0.4) is 0 Å². The van der Waals surface area contributed by atoms with E-state index in [0.717, 1.165) is 11.1 Å². The number of primary amides is 1. The van der Waals surface area contributed by atoms with E-state index in [1.807, 2.05) is 12.1 Å². The van der Waals surface area contributed by atoms with Gasteiger partial charge >= 0.3 is 0 Å². The molecular weight excluding hydrogens is 344 g/mol. The first-order valence-corrected chi connectivity index (χ1v) is 8.23. The Kier molecular flexibility index (Phi) is 4.21. The van der Waals surface area contributed by atoms with E-state index in [4.69, 9.17) is 10.5 Å². The smallest absolute Gasteiger partial charge is 0.248 e. The molecule has 1 aromatic carbocycles. The van der Waals surface area contributed by atoms with E-state index in [1.165, 1.54) is 0 Å². The third-order valence-electron chi connectivity index (χ3n) is 4.09. The maximum absolute atomic E-state index is 11.5. The third-order valence-corrected chi connectivity index (χ3v) is 4.09. The molecule has 0 saturated heterocycles. The number of nitrogens with two attached hydrogens (primary N) is 1. The van der Waals surface area contributed by atoms with E-state index >= 15 is 0 Å². The van der Waals surface area contributed by atoms with E-state index in [1.54, 1.807) is 54.5 Å². The Morgan fingerprint density at radius 1 is 1.22 bits per heavy atom. The van der Waals surface area contributed by atoms with Crippen molar-refractivity contribution < 1.29 is 9.53 Å². The summed E-state index contributed by atoms with van der Waals surface area (Å²) in [6, 6.07) is 10.7. The van der Waals surface area contributed by atoms with Gasteiger partial charge in [-0.3, -0.25) is 9.78 Å². The van der Waals surface area contributed by atoms with Crippen LogP contribution in [-0.2, 0) is 6.42 Å². The number of amides is 1. The largest absolute Gasteiger partial charge is 0.481 e. The molecule has 0 atom stereocenters. The van der Waals surface area contributed by atoms with Crippen molar-refractivity contribution in [3.8, 4) is 17.1 Å². The number of benzene rings is 1. The maximum atomic E-state index is 11.5. The number of rotatable bonds is 5. The lowest BCUT2D eigenvalue weighted by Crippen LogP contribution is -2.10. The van der Waals surface area contributed by atoms with E-state index in [2.05, 4.69) is 20.1 Å². The minimum absolute atomic E-state index is 0.417. The quantitative estimate of drug-likeness (QED) is 0.582. The van der Waals surface area contributed by atoms with Gasteiger partial charge < -0.3 is 10.5 Å². The summed E-state index contributed by atoms with van der Waals surface area (Å²) >= 11 is 0. The number of carbonyl (C=O) groups is 1. The SMILES string of the molecule is COc1ccc(Cc2nc3c(-c4cccc(C(N)=O)c4)nccn3n2)cn1. The standard InChI is InChI=1S/C19H16N6O2/c1-27-16-6-5-12(11-22-16)9-15-23-19-17(21-7-8-25(19)24-15)13-3-2-4-14(10-13)18(20)26/h2-8,10-11H,9H2,1H3,(H2,20,26). The number of hydrogen-bond donors (Lipinski definition) is 1. The van der Waals surface area contributed by atoms with Gasteiger partial charge in [0.25, 0.3) is 0 Å². The molecule has 2 N–H and O–H groups in total. The number of methoxy groups -OCH3 is 1. The zero-order valence-electron chi connectivity index (χ0n) is 14.5. The molecule has 0 radical (unpaired) electrons. The first-order chi connectivity index (χ1) is 13.1. The molecule has 1 amide bonds. The van der Waals surface area contributed by atoms with Crippen LogP contribution in [0.1, 0.15) is 21.7 Å². The van der Waals surface area contributed by atoms with Crippen molar-refractivity contribution in [3.63, 3.8) is 0 Å². The Bertz CT molecular complexity index is 1120. The van der Waals surface area contributed by atoms with Gasteiger partial charge in [0.15, 0.2) is 11.5 Å². The molecule has 8 heteroatoms. The number of ether oxygens (including phenoxy) is 1. The topological polar surface area (TPSA) is 108 Å². The third kappa shape index (κ3) is 3.32.